The summed E-state index contributed by atoms with van der Waals surface area (Å²) in [7, 11) is -1.94. The third kappa shape index (κ3) is 2.57. The summed E-state index contributed by atoms with van der Waals surface area (Å²) in [6.45, 7) is 5.53. The summed E-state index contributed by atoms with van der Waals surface area (Å²) in [5.41, 5.74) is 2.21. The molecule has 0 amide bonds. The van der Waals surface area contributed by atoms with Gasteiger partial charge in [-0.25, -0.2) is 8.42 Å². The van der Waals surface area contributed by atoms with Gasteiger partial charge in [0, 0.05) is 30.4 Å². The number of aliphatic hydroxyl groups excluding tert-OH is 1. The predicted molar refractivity (Wildman–Crippen MR) is 92.8 cm³/mol. The number of aliphatic hydroxyl groups is 1. The maximum atomic E-state index is 12.5. The molecule has 1 aliphatic heterocycles. The van der Waals surface area contributed by atoms with Gasteiger partial charge >= 0.3 is 0 Å². The lowest BCUT2D eigenvalue weighted by molar-refractivity contribution is 0.146. The van der Waals surface area contributed by atoms with Gasteiger partial charge in [-0.1, -0.05) is 31.2 Å². The van der Waals surface area contributed by atoms with Gasteiger partial charge in [-0.05, 0) is 23.3 Å². The van der Waals surface area contributed by atoms with Crippen LogP contribution in [0, 0.1) is 0 Å². The monoisotopic (exact) mass is 367 g/mol. The van der Waals surface area contributed by atoms with Crippen LogP contribution < -0.4 is 0 Å². The molecule has 24 heavy (non-hydrogen) atoms. The SMILES string of the molecule is C=C1C(O)C(c2ccc(Cl)cc2-c2cnn(C)c2)N(CC)S1(=O)=O. The lowest BCUT2D eigenvalue weighted by Gasteiger charge is -2.25. The summed E-state index contributed by atoms with van der Waals surface area (Å²) < 4.78 is 27.8. The van der Waals surface area contributed by atoms with E-state index in [-0.39, 0.29) is 11.4 Å². The van der Waals surface area contributed by atoms with Crippen LogP contribution in [0.15, 0.2) is 42.1 Å². The predicted octanol–water partition coefficient (Wildman–Crippen LogP) is 2.32. The molecule has 3 rings (SSSR count). The summed E-state index contributed by atoms with van der Waals surface area (Å²) >= 11 is 6.13. The van der Waals surface area contributed by atoms with Crippen molar-refractivity contribution < 1.29 is 13.5 Å². The second kappa shape index (κ2) is 6.00. The molecular formula is C16H18ClN3O3S. The third-order valence-corrected chi connectivity index (χ3v) is 6.48. The highest BCUT2D eigenvalue weighted by molar-refractivity contribution is 7.93. The zero-order valence-corrected chi connectivity index (χ0v) is 14.9. The Balaban J connectivity index is 2.21. The van der Waals surface area contributed by atoms with E-state index in [4.69, 9.17) is 11.6 Å². The van der Waals surface area contributed by atoms with Gasteiger partial charge in [0.1, 0.15) is 6.10 Å². The molecule has 0 radical (unpaired) electrons. The fourth-order valence-corrected chi connectivity index (χ4v) is 4.85. The molecule has 1 aromatic heterocycles. The molecule has 2 unspecified atom stereocenters. The maximum Gasteiger partial charge on any atom is 0.241 e. The normalized spacial score (nSPS) is 23.8. The second-order valence-corrected chi connectivity index (χ2v) is 8.08. The number of hydrogen-bond donors (Lipinski definition) is 1. The van der Waals surface area contributed by atoms with Crippen molar-refractivity contribution in [2.75, 3.05) is 6.54 Å². The van der Waals surface area contributed by atoms with E-state index in [0.29, 0.717) is 10.6 Å². The fraction of sp³-hybridized carbons (Fsp3) is 0.312. The number of halogens is 1. The van der Waals surface area contributed by atoms with Crippen molar-refractivity contribution in [1.29, 1.82) is 0 Å². The average molecular weight is 368 g/mol. The zero-order chi connectivity index (χ0) is 17.6. The van der Waals surface area contributed by atoms with Crippen molar-refractivity contribution in [2.45, 2.75) is 19.1 Å². The summed E-state index contributed by atoms with van der Waals surface area (Å²) in [6.07, 6.45) is 2.29. The molecule has 1 saturated heterocycles. The summed E-state index contributed by atoms with van der Waals surface area (Å²) in [4.78, 5) is -0.179. The van der Waals surface area contributed by atoms with Crippen molar-refractivity contribution in [1.82, 2.24) is 14.1 Å². The van der Waals surface area contributed by atoms with Gasteiger partial charge in [-0.3, -0.25) is 4.68 Å². The highest BCUT2D eigenvalue weighted by Gasteiger charge is 2.48. The van der Waals surface area contributed by atoms with Crippen LogP contribution in [0.1, 0.15) is 18.5 Å². The molecule has 1 fully saturated rings. The first-order valence-corrected chi connectivity index (χ1v) is 9.26. The molecule has 0 bridgehead atoms. The van der Waals surface area contributed by atoms with Crippen molar-refractivity contribution in [3.8, 4) is 11.1 Å². The number of benzene rings is 1. The Morgan fingerprint density at radius 3 is 2.71 bits per heavy atom. The van der Waals surface area contributed by atoms with Gasteiger partial charge < -0.3 is 5.11 Å². The molecule has 6 nitrogen and oxygen atoms in total. The largest absolute Gasteiger partial charge is 0.386 e. The van der Waals surface area contributed by atoms with Crippen LogP contribution in [0.3, 0.4) is 0 Å². The number of hydrogen-bond acceptors (Lipinski definition) is 4. The van der Waals surface area contributed by atoms with E-state index in [2.05, 4.69) is 11.7 Å². The molecule has 2 aromatic rings. The van der Waals surface area contributed by atoms with Crippen molar-refractivity contribution in [3.63, 3.8) is 0 Å². The van der Waals surface area contributed by atoms with Crippen LogP contribution in [0.25, 0.3) is 11.1 Å². The Hall–Kier alpha value is -1.67. The molecule has 1 aromatic carbocycles. The number of rotatable bonds is 3. The molecule has 2 atom stereocenters. The van der Waals surface area contributed by atoms with Crippen LogP contribution in [0.4, 0.5) is 0 Å². The Bertz CT molecular complexity index is 907. The molecular weight excluding hydrogens is 350 g/mol. The van der Waals surface area contributed by atoms with Gasteiger partial charge in [-0.2, -0.15) is 9.40 Å². The minimum absolute atomic E-state index is 0.179. The molecule has 1 aliphatic rings. The van der Waals surface area contributed by atoms with Crippen LogP contribution in [-0.2, 0) is 17.1 Å². The van der Waals surface area contributed by atoms with E-state index in [1.165, 1.54) is 4.31 Å². The number of likely N-dealkylation sites (N-methyl/N-ethyl adjacent to an activating group) is 1. The van der Waals surface area contributed by atoms with E-state index in [1.807, 2.05) is 6.20 Å². The molecule has 8 heteroatoms. The second-order valence-electron chi connectivity index (χ2n) is 5.70. The Morgan fingerprint density at radius 2 is 2.12 bits per heavy atom. The van der Waals surface area contributed by atoms with E-state index in [0.717, 1.165) is 11.1 Å². The van der Waals surface area contributed by atoms with Crippen LogP contribution in [-0.4, -0.2) is 40.3 Å². The maximum absolute atomic E-state index is 12.5. The van der Waals surface area contributed by atoms with E-state index < -0.39 is 22.2 Å². The Labute approximate surface area is 146 Å². The van der Waals surface area contributed by atoms with Crippen LogP contribution in [0.2, 0.25) is 5.02 Å². The molecule has 1 N–H and O–H groups in total. The zero-order valence-electron chi connectivity index (χ0n) is 13.3. The van der Waals surface area contributed by atoms with Gasteiger partial charge in [0.05, 0.1) is 17.1 Å². The first kappa shape index (κ1) is 17.2. The number of sulfonamides is 1. The molecule has 0 saturated carbocycles. The first-order valence-electron chi connectivity index (χ1n) is 7.44. The Kier molecular flexibility index (Phi) is 4.29. The van der Waals surface area contributed by atoms with Gasteiger partial charge in [0.2, 0.25) is 10.0 Å². The summed E-state index contributed by atoms with van der Waals surface area (Å²) in [6, 6.07) is 4.45. The average Bonchev–Trinajstić information content (AvgIpc) is 3.03. The number of nitrogens with zero attached hydrogens (tertiary/aromatic N) is 3. The van der Waals surface area contributed by atoms with Gasteiger partial charge in [0.25, 0.3) is 0 Å². The van der Waals surface area contributed by atoms with Gasteiger partial charge in [0.15, 0.2) is 0 Å². The molecule has 128 valence electrons. The minimum atomic E-state index is -3.73. The van der Waals surface area contributed by atoms with Crippen molar-refractivity contribution in [3.05, 3.63) is 52.7 Å². The summed E-state index contributed by atoms with van der Waals surface area (Å²) in [5, 5.41) is 15.2. The fourth-order valence-electron chi connectivity index (χ4n) is 3.07. The summed E-state index contributed by atoms with van der Waals surface area (Å²) in [5.74, 6) is 0. The van der Waals surface area contributed by atoms with Crippen LogP contribution in [0.5, 0.6) is 0 Å². The number of aromatic nitrogens is 2. The standard InChI is InChI=1S/C16H18ClN3O3S/c1-4-20-15(16(21)10(2)24(20,22)23)13-6-5-12(17)7-14(13)11-8-18-19(3)9-11/h5-9,15-16,21H,2,4H2,1,3H3. The minimum Gasteiger partial charge on any atom is -0.386 e. The van der Waals surface area contributed by atoms with Crippen molar-refractivity contribution >= 4 is 21.6 Å². The highest BCUT2D eigenvalue weighted by Crippen LogP contribution is 2.44. The lowest BCUT2D eigenvalue weighted by Crippen LogP contribution is -2.30. The smallest absolute Gasteiger partial charge is 0.241 e. The highest BCUT2D eigenvalue weighted by atomic mass is 35.5. The van der Waals surface area contributed by atoms with Crippen molar-refractivity contribution in [2.24, 2.45) is 7.05 Å². The number of aryl methyl sites for hydroxylation is 1. The quantitative estimate of drug-likeness (QED) is 0.903. The molecule has 0 aliphatic carbocycles. The third-order valence-electron chi connectivity index (χ3n) is 4.24. The topological polar surface area (TPSA) is 75.4 Å². The lowest BCUT2D eigenvalue weighted by atomic mass is 9.93. The molecule has 2 heterocycles. The molecule has 0 spiro atoms. The van der Waals surface area contributed by atoms with E-state index in [1.54, 1.807) is 43.0 Å². The van der Waals surface area contributed by atoms with E-state index >= 15 is 0 Å². The Morgan fingerprint density at radius 1 is 1.42 bits per heavy atom. The van der Waals surface area contributed by atoms with E-state index in [9.17, 15) is 13.5 Å². The first-order chi connectivity index (χ1) is 11.3. The van der Waals surface area contributed by atoms with Crippen LogP contribution >= 0.6 is 11.6 Å². The van der Waals surface area contributed by atoms with Gasteiger partial charge in [-0.15, -0.1) is 0 Å².